The van der Waals surface area contributed by atoms with E-state index in [2.05, 4.69) is 48.8 Å². The summed E-state index contributed by atoms with van der Waals surface area (Å²) in [5, 5.41) is 7.29. The molecule has 3 aromatic heterocycles. The van der Waals surface area contributed by atoms with Crippen molar-refractivity contribution in [3.05, 3.63) is 47.9 Å². The molecule has 5 rings (SSSR count). The molecule has 3 N–H and O–H groups in total. The first kappa shape index (κ1) is 19.5. The summed E-state index contributed by atoms with van der Waals surface area (Å²) >= 11 is 1.61. The average molecular weight is 434 g/mol. The molecule has 4 aromatic rings. The van der Waals surface area contributed by atoms with E-state index in [-0.39, 0.29) is 12.1 Å². The predicted molar refractivity (Wildman–Crippen MR) is 125 cm³/mol. The minimum absolute atomic E-state index is 0.0165. The summed E-state index contributed by atoms with van der Waals surface area (Å²) in [4.78, 5) is 30.6. The smallest absolute Gasteiger partial charge is 0.317 e. The predicted octanol–water partition coefficient (Wildman–Crippen LogP) is 4.52. The molecule has 0 aliphatic carbocycles. The van der Waals surface area contributed by atoms with Crippen molar-refractivity contribution < 1.29 is 4.79 Å². The van der Waals surface area contributed by atoms with Crippen LogP contribution in [0.15, 0.2) is 42.2 Å². The number of thiazole rings is 1. The van der Waals surface area contributed by atoms with Gasteiger partial charge in [0.15, 0.2) is 0 Å². The second kappa shape index (κ2) is 7.99. The van der Waals surface area contributed by atoms with Gasteiger partial charge >= 0.3 is 6.03 Å². The lowest BCUT2D eigenvalue weighted by Crippen LogP contribution is -2.44. The van der Waals surface area contributed by atoms with Gasteiger partial charge in [-0.05, 0) is 50.1 Å². The number of aromatic nitrogens is 4. The number of carbonyl (C=O) groups excluding carboxylic acids is 1. The number of nitrogens with one attached hydrogen (secondary N) is 3. The Hall–Kier alpha value is -3.46. The Kier molecular flexibility index (Phi) is 5.03. The zero-order chi connectivity index (χ0) is 21.4. The van der Waals surface area contributed by atoms with E-state index in [0.29, 0.717) is 13.1 Å². The van der Waals surface area contributed by atoms with Crippen molar-refractivity contribution >= 4 is 55.7 Å². The Morgan fingerprint density at radius 1 is 1.23 bits per heavy atom. The molecule has 8 nitrogen and oxygen atoms in total. The second-order valence-corrected chi connectivity index (χ2v) is 8.74. The first-order valence-electron chi connectivity index (χ1n) is 10.3. The van der Waals surface area contributed by atoms with E-state index in [9.17, 15) is 4.79 Å². The van der Waals surface area contributed by atoms with Gasteiger partial charge in [-0.2, -0.15) is 0 Å². The molecule has 0 saturated heterocycles. The van der Waals surface area contributed by atoms with E-state index in [0.717, 1.165) is 44.9 Å². The second-order valence-electron chi connectivity index (χ2n) is 7.86. The molecule has 0 atom stereocenters. The van der Waals surface area contributed by atoms with Gasteiger partial charge in [0, 0.05) is 30.5 Å². The van der Waals surface area contributed by atoms with Crippen LogP contribution in [0.5, 0.6) is 0 Å². The molecule has 0 bridgehead atoms. The number of fused-ring (bicyclic) bond motifs is 2. The topological polar surface area (TPSA) is 98.8 Å². The molecule has 0 saturated carbocycles. The van der Waals surface area contributed by atoms with Crippen molar-refractivity contribution in [3.63, 3.8) is 0 Å². The Morgan fingerprint density at radius 2 is 2.13 bits per heavy atom. The fourth-order valence-electron chi connectivity index (χ4n) is 3.72. The number of carbonyl (C=O) groups is 1. The molecule has 2 amide bonds. The van der Waals surface area contributed by atoms with Crippen LogP contribution >= 0.6 is 11.3 Å². The normalized spacial score (nSPS) is 14.3. The summed E-state index contributed by atoms with van der Waals surface area (Å²) in [5.41, 5.74) is 6.79. The summed E-state index contributed by atoms with van der Waals surface area (Å²) in [5.74, 6) is 0.755. The van der Waals surface area contributed by atoms with Crippen LogP contribution in [0.2, 0.25) is 0 Å². The van der Waals surface area contributed by atoms with Gasteiger partial charge in [0.25, 0.3) is 0 Å². The highest BCUT2D eigenvalue weighted by molar-refractivity contribution is 7.16. The third kappa shape index (κ3) is 3.96. The van der Waals surface area contributed by atoms with Crippen LogP contribution in [-0.2, 0) is 0 Å². The SMILES string of the molecule is CC(C)NC(=O)N1CC=C(c2cc3c(Nc4ccc5ncsc5c4)ncnc3[nH]2)CC1. The number of H-pyrrole nitrogens is 1. The van der Waals surface area contributed by atoms with Gasteiger partial charge in [0.05, 0.1) is 21.1 Å². The van der Waals surface area contributed by atoms with Crippen molar-refractivity contribution in [3.8, 4) is 0 Å². The molecular formula is C22H23N7OS. The number of anilines is 2. The highest BCUT2D eigenvalue weighted by atomic mass is 32.1. The highest BCUT2D eigenvalue weighted by Crippen LogP contribution is 2.30. The number of nitrogens with zero attached hydrogens (tertiary/aromatic N) is 4. The fraction of sp³-hybridized carbons (Fsp3) is 0.273. The largest absolute Gasteiger partial charge is 0.340 e. The molecule has 9 heteroatoms. The number of hydrogen-bond donors (Lipinski definition) is 3. The third-order valence-corrected chi connectivity index (χ3v) is 6.07. The number of aromatic amines is 1. The van der Waals surface area contributed by atoms with Crippen LogP contribution in [0.1, 0.15) is 26.0 Å². The molecule has 1 aliphatic rings. The zero-order valence-electron chi connectivity index (χ0n) is 17.3. The molecular weight excluding hydrogens is 410 g/mol. The van der Waals surface area contributed by atoms with Gasteiger partial charge in [-0.3, -0.25) is 0 Å². The maximum atomic E-state index is 12.2. The Bertz CT molecular complexity index is 1290. The van der Waals surface area contributed by atoms with Crippen molar-refractivity contribution in [2.45, 2.75) is 26.3 Å². The maximum absolute atomic E-state index is 12.2. The Labute approximate surface area is 183 Å². The maximum Gasteiger partial charge on any atom is 0.317 e. The van der Waals surface area contributed by atoms with Crippen molar-refractivity contribution in [2.75, 3.05) is 18.4 Å². The fourth-order valence-corrected chi connectivity index (χ4v) is 4.43. The van der Waals surface area contributed by atoms with Crippen LogP contribution in [0.3, 0.4) is 0 Å². The van der Waals surface area contributed by atoms with Gasteiger partial charge in [0.1, 0.15) is 17.8 Å². The molecule has 158 valence electrons. The summed E-state index contributed by atoms with van der Waals surface area (Å²) < 4.78 is 1.13. The van der Waals surface area contributed by atoms with E-state index in [1.54, 1.807) is 17.7 Å². The minimum Gasteiger partial charge on any atom is -0.340 e. The molecule has 0 fully saturated rings. The number of amides is 2. The van der Waals surface area contributed by atoms with Crippen LogP contribution in [0, 0.1) is 0 Å². The molecule has 0 radical (unpaired) electrons. The third-order valence-electron chi connectivity index (χ3n) is 5.27. The van der Waals surface area contributed by atoms with Crippen molar-refractivity contribution in [1.29, 1.82) is 0 Å². The lowest BCUT2D eigenvalue weighted by molar-refractivity contribution is 0.200. The molecule has 31 heavy (non-hydrogen) atoms. The molecule has 4 heterocycles. The van der Waals surface area contributed by atoms with E-state index in [1.165, 1.54) is 5.57 Å². The Morgan fingerprint density at radius 3 is 2.94 bits per heavy atom. The van der Waals surface area contributed by atoms with Gasteiger partial charge < -0.3 is 20.5 Å². The summed E-state index contributed by atoms with van der Waals surface area (Å²) in [6.07, 6.45) is 4.45. The van der Waals surface area contributed by atoms with Crippen molar-refractivity contribution in [2.24, 2.45) is 0 Å². The monoisotopic (exact) mass is 433 g/mol. The molecule has 1 aliphatic heterocycles. The van der Waals surface area contributed by atoms with Gasteiger partial charge in [-0.25, -0.2) is 19.7 Å². The van der Waals surface area contributed by atoms with E-state index in [1.807, 2.05) is 36.4 Å². The number of benzene rings is 1. The number of urea groups is 1. The first-order valence-corrected chi connectivity index (χ1v) is 11.1. The first-order chi connectivity index (χ1) is 15.1. The molecule has 0 unspecified atom stereocenters. The Balaban J connectivity index is 1.38. The molecule has 0 spiro atoms. The van der Waals surface area contributed by atoms with E-state index in [4.69, 9.17) is 0 Å². The standard InChI is InChI=1S/C22H23N7OS/c1-13(2)26-22(30)29-7-5-14(6-8-29)18-10-16-20(23-11-24-21(16)28-18)27-15-3-4-17-19(9-15)31-12-25-17/h3-5,9-13H,6-8H2,1-2H3,(H,26,30)(H2,23,24,27,28). The highest BCUT2D eigenvalue weighted by Gasteiger charge is 2.20. The van der Waals surface area contributed by atoms with E-state index >= 15 is 0 Å². The van der Waals surface area contributed by atoms with Crippen molar-refractivity contribution in [1.82, 2.24) is 30.2 Å². The van der Waals surface area contributed by atoms with Crippen LogP contribution in [0.4, 0.5) is 16.3 Å². The summed E-state index contributed by atoms with van der Waals surface area (Å²) in [6.45, 7) is 5.21. The minimum atomic E-state index is -0.0165. The van der Waals surface area contributed by atoms with E-state index < -0.39 is 0 Å². The quantitative estimate of drug-likeness (QED) is 0.440. The lowest BCUT2D eigenvalue weighted by Gasteiger charge is -2.27. The number of rotatable bonds is 4. The number of hydrogen-bond acceptors (Lipinski definition) is 6. The van der Waals surface area contributed by atoms with Gasteiger partial charge in [0.2, 0.25) is 0 Å². The summed E-state index contributed by atoms with van der Waals surface area (Å²) in [7, 11) is 0. The zero-order valence-corrected chi connectivity index (χ0v) is 18.2. The summed E-state index contributed by atoms with van der Waals surface area (Å²) in [6, 6.07) is 8.28. The molecule has 1 aromatic carbocycles. The van der Waals surface area contributed by atoms with Crippen LogP contribution < -0.4 is 10.6 Å². The van der Waals surface area contributed by atoms with Crippen LogP contribution in [0.25, 0.3) is 26.8 Å². The van der Waals surface area contributed by atoms with Gasteiger partial charge in [-0.15, -0.1) is 11.3 Å². The van der Waals surface area contributed by atoms with Crippen LogP contribution in [-0.4, -0.2) is 50.0 Å². The lowest BCUT2D eigenvalue weighted by atomic mass is 10.1. The average Bonchev–Trinajstić information content (AvgIpc) is 3.40. The van der Waals surface area contributed by atoms with Gasteiger partial charge in [-0.1, -0.05) is 6.08 Å².